The monoisotopic (exact) mass is 327 g/mol. The fraction of sp³-hybridized carbons (Fsp3) is 0.571. The zero-order valence-electron chi connectivity index (χ0n) is 11.8. The third kappa shape index (κ3) is 2.91. The molecule has 19 heavy (non-hydrogen) atoms. The van der Waals surface area contributed by atoms with Crippen LogP contribution in [0.5, 0.6) is 5.75 Å². The van der Waals surface area contributed by atoms with E-state index < -0.39 is 5.60 Å². The lowest BCUT2D eigenvalue weighted by Crippen LogP contribution is -2.24. The van der Waals surface area contributed by atoms with Crippen LogP contribution in [-0.4, -0.2) is 23.2 Å². The number of carbonyl (C=O) groups excluding carboxylic acids is 1. The van der Waals surface area contributed by atoms with Crippen molar-refractivity contribution in [2.45, 2.75) is 45.6 Å². The largest absolute Gasteiger partial charge is 0.490 e. The molecule has 0 aliphatic carbocycles. The number of esters is 1. The van der Waals surface area contributed by atoms with Gasteiger partial charge in [-0.15, -0.1) is 0 Å². The van der Waals surface area contributed by atoms with Crippen LogP contribution in [0, 0.1) is 0 Å². The quantitative estimate of drug-likeness (QED) is 0.585. The van der Waals surface area contributed by atoms with E-state index in [0.717, 1.165) is 5.69 Å². The highest BCUT2D eigenvalue weighted by atomic mass is 79.9. The Labute approximate surface area is 121 Å². The number of carbonyl (C=O) groups is 1. The molecule has 2 rings (SSSR count). The van der Waals surface area contributed by atoms with Gasteiger partial charge in [0.25, 0.3) is 0 Å². The maximum atomic E-state index is 12.2. The van der Waals surface area contributed by atoms with E-state index in [1.807, 2.05) is 34.6 Å². The van der Waals surface area contributed by atoms with Gasteiger partial charge in [-0.3, -0.25) is 0 Å². The predicted octanol–water partition coefficient (Wildman–Crippen LogP) is 3.47. The van der Waals surface area contributed by atoms with E-state index in [4.69, 9.17) is 9.47 Å². The average Bonchev–Trinajstić information content (AvgIpc) is 2.51. The number of hydrogen-bond acceptors (Lipinski definition) is 4. The van der Waals surface area contributed by atoms with Crippen molar-refractivity contribution in [3.05, 3.63) is 21.9 Å². The number of pyridine rings is 1. The van der Waals surface area contributed by atoms with Gasteiger partial charge in [0.05, 0.1) is 12.3 Å². The normalized spacial score (nSPS) is 16.7. The number of halogens is 1. The zero-order chi connectivity index (χ0) is 14.4. The van der Waals surface area contributed by atoms with Crippen molar-refractivity contribution in [2.75, 3.05) is 6.61 Å². The Balaban J connectivity index is 2.46. The molecule has 1 aliphatic rings. The molecular weight excluding hydrogens is 310 g/mol. The summed E-state index contributed by atoms with van der Waals surface area (Å²) < 4.78 is 11.7. The number of hydrogen-bond donors (Lipinski definition) is 0. The van der Waals surface area contributed by atoms with Gasteiger partial charge >= 0.3 is 5.97 Å². The summed E-state index contributed by atoms with van der Waals surface area (Å²) >= 11 is 3.34. The summed E-state index contributed by atoms with van der Waals surface area (Å²) in [7, 11) is 0. The van der Waals surface area contributed by atoms with Crippen LogP contribution in [-0.2, 0) is 10.2 Å². The summed E-state index contributed by atoms with van der Waals surface area (Å²) in [6, 6.07) is 1.65. The molecule has 0 saturated carbocycles. The number of nitrogens with zero attached hydrogens (tertiary/aromatic N) is 1. The lowest BCUT2D eigenvalue weighted by atomic mass is 9.91. The second-order valence-corrected chi connectivity index (χ2v) is 7.16. The molecule has 2 heterocycles. The average molecular weight is 328 g/mol. The standard InChI is InChI=1S/C14H18BrNO3/c1-13(2,3)19-12(17)8-6-9(15)16-11-10(8)18-7-14(11,4)5/h6H,7H2,1-5H3. The minimum absolute atomic E-state index is 0.199. The Bertz CT molecular complexity index is 532. The summed E-state index contributed by atoms with van der Waals surface area (Å²) in [4.78, 5) is 16.7. The molecule has 104 valence electrons. The Hall–Kier alpha value is -1.10. The van der Waals surface area contributed by atoms with E-state index in [9.17, 15) is 4.79 Å². The van der Waals surface area contributed by atoms with Gasteiger partial charge in [-0.25, -0.2) is 9.78 Å². The molecule has 0 saturated heterocycles. The molecule has 1 aromatic heterocycles. The van der Waals surface area contributed by atoms with Crippen molar-refractivity contribution in [3.8, 4) is 5.75 Å². The van der Waals surface area contributed by atoms with Crippen molar-refractivity contribution >= 4 is 21.9 Å². The molecule has 0 bridgehead atoms. The molecule has 1 aliphatic heterocycles. The molecule has 0 aromatic carbocycles. The molecule has 4 nitrogen and oxygen atoms in total. The van der Waals surface area contributed by atoms with E-state index in [2.05, 4.69) is 20.9 Å². The summed E-state index contributed by atoms with van der Waals surface area (Å²) in [5.41, 5.74) is 0.490. The van der Waals surface area contributed by atoms with Gasteiger partial charge < -0.3 is 9.47 Å². The van der Waals surface area contributed by atoms with Crippen LogP contribution in [0.4, 0.5) is 0 Å². The Kier molecular flexibility index (Phi) is 3.37. The number of rotatable bonds is 1. The molecule has 0 spiro atoms. The third-order valence-electron chi connectivity index (χ3n) is 2.78. The fourth-order valence-electron chi connectivity index (χ4n) is 1.91. The van der Waals surface area contributed by atoms with Crippen LogP contribution in [0.2, 0.25) is 0 Å². The maximum absolute atomic E-state index is 12.2. The van der Waals surface area contributed by atoms with Crippen molar-refractivity contribution in [2.24, 2.45) is 0 Å². The number of fused-ring (bicyclic) bond motifs is 1. The lowest BCUT2D eigenvalue weighted by molar-refractivity contribution is 0.00661. The van der Waals surface area contributed by atoms with Crippen LogP contribution in [0.1, 0.15) is 50.7 Å². The molecule has 5 heteroatoms. The van der Waals surface area contributed by atoms with E-state index in [1.165, 1.54) is 0 Å². The lowest BCUT2D eigenvalue weighted by Gasteiger charge is -2.20. The second-order valence-electron chi connectivity index (χ2n) is 6.34. The molecule has 1 aromatic rings. The summed E-state index contributed by atoms with van der Waals surface area (Å²) in [5.74, 6) is 0.159. The van der Waals surface area contributed by atoms with Crippen molar-refractivity contribution in [1.82, 2.24) is 4.98 Å². The molecule has 0 radical (unpaired) electrons. The molecule has 0 fully saturated rings. The van der Waals surface area contributed by atoms with E-state index in [0.29, 0.717) is 22.5 Å². The SMILES string of the molecule is CC(C)(C)OC(=O)c1cc(Br)nc2c1OCC2(C)C. The third-order valence-corrected chi connectivity index (χ3v) is 3.19. The first-order valence-corrected chi connectivity index (χ1v) is 6.97. The molecule has 0 unspecified atom stereocenters. The summed E-state index contributed by atoms with van der Waals surface area (Å²) in [6.07, 6.45) is 0. The first kappa shape index (κ1) is 14.3. The van der Waals surface area contributed by atoms with Gasteiger partial charge in [-0.05, 0) is 42.8 Å². The fourth-order valence-corrected chi connectivity index (χ4v) is 2.32. The topological polar surface area (TPSA) is 48.4 Å². The Morgan fingerprint density at radius 1 is 1.47 bits per heavy atom. The summed E-state index contributed by atoms with van der Waals surface area (Å²) in [5, 5.41) is 0. The van der Waals surface area contributed by atoms with Gasteiger partial charge in [-0.2, -0.15) is 0 Å². The zero-order valence-corrected chi connectivity index (χ0v) is 13.4. The van der Waals surface area contributed by atoms with Crippen molar-refractivity contribution < 1.29 is 14.3 Å². The van der Waals surface area contributed by atoms with Gasteiger partial charge in [0, 0.05) is 5.41 Å². The van der Waals surface area contributed by atoms with Gasteiger partial charge in [0.1, 0.15) is 15.8 Å². The van der Waals surface area contributed by atoms with E-state index >= 15 is 0 Å². The molecule has 0 N–H and O–H groups in total. The number of aromatic nitrogens is 1. The minimum atomic E-state index is -0.534. The smallest absolute Gasteiger partial charge is 0.342 e. The maximum Gasteiger partial charge on any atom is 0.342 e. The first-order valence-electron chi connectivity index (χ1n) is 6.17. The van der Waals surface area contributed by atoms with E-state index in [1.54, 1.807) is 6.07 Å². The van der Waals surface area contributed by atoms with Crippen LogP contribution < -0.4 is 4.74 Å². The van der Waals surface area contributed by atoms with Gasteiger partial charge in [0.2, 0.25) is 0 Å². The molecular formula is C14H18BrNO3. The van der Waals surface area contributed by atoms with Crippen molar-refractivity contribution in [1.29, 1.82) is 0 Å². The highest BCUT2D eigenvalue weighted by Gasteiger charge is 2.37. The van der Waals surface area contributed by atoms with Crippen LogP contribution in [0.15, 0.2) is 10.7 Å². The highest BCUT2D eigenvalue weighted by Crippen LogP contribution is 2.40. The first-order chi connectivity index (χ1) is 8.60. The Morgan fingerprint density at radius 3 is 2.68 bits per heavy atom. The van der Waals surface area contributed by atoms with Gasteiger partial charge in [-0.1, -0.05) is 13.8 Å². The van der Waals surface area contributed by atoms with Crippen LogP contribution >= 0.6 is 15.9 Å². The summed E-state index contributed by atoms with van der Waals surface area (Å²) in [6.45, 7) is 10.1. The minimum Gasteiger partial charge on any atom is -0.490 e. The van der Waals surface area contributed by atoms with Crippen molar-refractivity contribution in [3.63, 3.8) is 0 Å². The molecule has 0 amide bonds. The van der Waals surface area contributed by atoms with Crippen LogP contribution in [0.3, 0.4) is 0 Å². The second kappa shape index (κ2) is 4.47. The van der Waals surface area contributed by atoms with E-state index in [-0.39, 0.29) is 11.4 Å². The molecule has 0 atom stereocenters. The van der Waals surface area contributed by atoms with Crippen LogP contribution in [0.25, 0.3) is 0 Å². The highest BCUT2D eigenvalue weighted by molar-refractivity contribution is 9.10. The number of ether oxygens (including phenoxy) is 2. The van der Waals surface area contributed by atoms with Gasteiger partial charge in [0.15, 0.2) is 5.75 Å². The predicted molar refractivity (Wildman–Crippen MR) is 75.6 cm³/mol. The Morgan fingerprint density at radius 2 is 2.11 bits per heavy atom.